The van der Waals surface area contributed by atoms with Crippen molar-refractivity contribution >= 4 is 11.8 Å². The van der Waals surface area contributed by atoms with E-state index in [4.69, 9.17) is 0 Å². The van der Waals surface area contributed by atoms with E-state index in [0.29, 0.717) is 31.8 Å². The molecule has 3 rings (SSSR count). The van der Waals surface area contributed by atoms with Crippen molar-refractivity contribution in [3.05, 3.63) is 11.6 Å². The van der Waals surface area contributed by atoms with Gasteiger partial charge in [0.2, 0.25) is 11.8 Å². The van der Waals surface area contributed by atoms with Gasteiger partial charge >= 0.3 is 0 Å². The van der Waals surface area contributed by atoms with Crippen molar-refractivity contribution in [1.82, 2.24) is 24.6 Å². The number of amides is 2. The zero-order valence-corrected chi connectivity index (χ0v) is 14.9. The van der Waals surface area contributed by atoms with Gasteiger partial charge in [-0.2, -0.15) is 0 Å². The van der Waals surface area contributed by atoms with E-state index in [9.17, 15) is 14.7 Å². The first-order valence-electron chi connectivity index (χ1n) is 9.14. The van der Waals surface area contributed by atoms with E-state index >= 15 is 0 Å². The Kier molecular flexibility index (Phi) is 5.67. The predicted octanol–water partition coefficient (Wildman–Crippen LogP) is 0.416. The lowest BCUT2D eigenvalue weighted by atomic mass is 9.97. The molecular formula is C17H27N5O3. The largest absolute Gasteiger partial charge is 0.388 e. The molecule has 0 saturated carbocycles. The molecule has 0 bridgehead atoms. The highest BCUT2D eigenvalue weighted by atomic mass is 16.3. The second kappa shape index (κ2) is 7.95. The number of carbonyl (C=O) groups is 2. The molecule has 2 aliphatic rings. The molecule has 1 unspecified atom stereocenters. The van der Waals surface area contributed by atoms with Crippen molar-refractivity contribution in [1.29, 1.82) is 0 Å². The Bertz CT molecular complexity index is 630. The molecule has 2 fully saturated rings. The number of aromatic nitrogens is 3. The van der Waals surface area contributed by atoms with Gasteiger partial charge in [-0.25, -0.2) is 0 Å². The van der Waals surface area contributed by atoms with Gasteiger partial charge in [0.15, 0.2) is 5.82 Å². The van der Waals surface area contributed by atoms with Gasteiger partial charge in [0, 0.05) is 52.0 Å². The summed E-state index contributed by atoms with van der Waals surface area (Å²) >= 11 is 0. The molecule has 3 heterocycles. The molecule has 0 spiro atoms. The van der Waals surface area contributed by atoms with Crippen LogP contribution >= 0.6 is 0 Å². The van der Waals surface area contributed by atoms with E-state index < -0.39 is 0 Å². The lowest BCUT2D eigenvalue weighted by Crippen LogP contribution is -2.42. The van der Waals surface area contributed by atoms with Crippen molar-refractivity contribution in [3.8, 4) is 0 Å². The van der Waals surface area contributed by atoms with Crippen LogP contribution in [0.5, 0.6) is 0 Å². The van der Waals surface area contributed by atoms with Crippen molar-refractivity contribution in [2.24, 2.45) is 7.05 Å². The minimum Gasteiger partial charge on any atom is -0.388 e. The SMILES string of the molecule is Cn1c(CO)nnc1C1CCCN(C(=O)CCN2CCCCC2=O)C1. The molecule has 138 valence electrons. The topological polar surface area (TPSA) is 91.6 Å². The van der Waals surface area contributed by atoms with Gasteiger partial charge in [-0.05, 0) is 25.7 Å². The van der Waals surface area contributed by atoms with Gasteiger partial charge in [-0.1, -0.05) is 0 Å². The van der Waals surface area contributed by atoms with Gasteiger partial charge < -0.3 is 19.5 Å². The molecule has 1 atom stereocenters. The van der Waals surface area contributed by atoms with E-state index in [-0.39, 0.29) is 24.3 Å². The molecule has 1 N–H and O–H groups in total. The highest BCUT2D eigenvalue weighted by Gasteiger charge is 2.28. The molecule has 1 aromatic rings. The Balaban J connectivity index is 1.56. The Hall–Kier alpha value is -1.96. The van der Waals surface area contributed by atoms with Crippen molar-refractivity contribution < 1.29 is 14.7 Å². The third kappa shape index (κ3) is 4.00. The van der Waals surface area contributed by atoms with Crippen LogP contribution in [0.25, 0.3) is 0 Å². The highest BCUT2D eigenvalue weighted by molar-refractivity contribution is 5.79. The quantitative estimate of drug-likeness (QED) is 0.832. The minimum atomic E-state index is -0.136. The van der Waals surface area contributed by atoms with Crippen molar-refractivity contribution in [3.63, 3.8) is 0 Å². The standard InChI is InChI=1S/C17H27N5O3/c1-20-14(12-23)18-19-17(20)13-5-4-9-22(11-13)16(25)7-10-21-8-3-2-6-15(21)24/h13,23H,2-12H2,1H3. The average Bonchev–Trinajstić information content (AvgIpc) is 3.01. The number of carbonyl (C=O) groups excluding carboxylic acids is 2. The summed E-state index contributed by atoms with van der Waals surface area (Å²) in [6.07, 6.45) is 4.89. The van der Waals surface area contributed by atoms with Crippen LogP contribution in [0.4, 0.5) is 0 Å². The summed E-state index contributed by atoms with van der Waals surface area (Å²) in [7, 11) is 1.85. The Labute approximate surface area is 147 Å². The molecule has 0 aliphatic carbocycles. The summed E-state index contributed by atoms with van der Waals surface area (Å²) < 4.78 is 1.82. The summed E-state index contributed by atoms with van der Waals surface area (Å²) in [6, 6.07) is 0. The fraction of sp³-hybridized carbons (Fsp3) is 0.765. The smallest absolute Gasteiger partial charge is 0.224 e. The number of aliphatic hydroxyl groups is 1. The van der Waals surface area contributed by atoms with Crippen LogP contribution in [0.15, 0.2) is 0 Å². The Morgan fingerprint density at radius 1 is 1.24 bits per heavy atom. The summed E-state index contributed by atoms with van der Waals surface area (Å²) in [5.74, 6) is 1.79. The average molecular weight is 349 g/mol. The van der Waals surface area contributed by atoms with Crippen LogP contribution in [-0.2, 0) is 23.2 Å². The van der Waals surface area contributed by atoms with Crippen LogP contribution in [0, 0.1) is 0 Å². The van der Waals surface area contributed by atoms with E-state index in [1.165, 1.54) is 0 Å². The maximum atomic E-state index is 12.6. The van der Waals surface area contributed by atoms with Gasteiger partial charge in [0.25, 0.3) is 0 Å². The number of hydrogen-bond donors (Lipinski definition) is 1. The fourth-order valence-corrected chi connectivity index (χ4v) is 3.77. The summed E-state index contributed by atoms with van der Waals surface area (Å²) in [5, 5.41) is 17.5. The summed E-state index contributed by atoms with van der Waals surface area (Å²) in [5.41, 5.74) is 0. The van der Waals surface area contributed by atoms with Crippen LogP contribution in [-0.4, -0.2) is 67.7 Å². The number of aliphatic hydroxyl groups excluding tert-OH is 1. The molecule has 1 aromatic heterocycles. The number of hydrogen-bond acceptors (Lipinski definition) is 5. The number of piperidine rings is 2. The molecule has 2 amide bonds. The normalized spacial score (nSPS) is 21.7. The first-order valence-corrected chi connectivity index (χ1v) is 9.14. The Morgan fingerprint density at radius 2 is 2.08 bits per heavy atom. The van der Waals surface area contributed by atoms with Crippen LogP contribution in [0.3, 0.4) is 0 Å². The first kappa shape index (κ1) is 17.8. The van der Waals surface area contributed by atoms with Gasteiger partial charge in [0.1, 0.15) is 12.4 Å². The van der Waals surface area contributed by atoms with Crippen molar-refractivity contribution in [2.75, 3.05) is 26.2 Å². The maximum absolute atomic E-state index is 12.6. The van der Waals surface area contributed by atoms with Crippen LogP contribution < -0.4 is 0 Å². The number of nitrogens with zero attached hydrogens (tertiary/aromatic N) is 5. The first-order chi connectivity index (χ1) is 12.1. The summed E-state index contributed by atoms with van der Waals surface area (Å²) in [4.78, 5) is 28.1. The fourth-order valence-electron chi connectivity index (χ4n) is 3.77. The summed E-state index contributed by atoms with van der Waals surface area (Å²) in [6.45, 7) is 2.55. The minimum absolute atomic E-state index is 0.104. The molecule has 0 aromatic carbocycles. The van der Waals surface area contributed by atoms with Crippen molar-refractivity contribution in [2.45, 2.75) is 51.0 Å². The van der Waals surface area contributed by atoms with E-state index in [1.54, 1.807) is 0 Å². The lowest BCUT2D eigenvalue weighted by molar-refractivity contribution is -0.136. The molecule has 25 heavy (non-hydrogen) atoms. The van der Waals surface area contributed by atoms with Gasteiger partial charge in [0.05, 0.1) is 0 Å². The highest BCUT2D eigenvalue weighted by Crippen LogP contribution is 2.26. The third-order valence-electron chi connectivity index (χ3n) is 5.30. The molecular weight excluding hydrogens is 322 g/mol. The third-order valence-corrected chi connectivity index (χ3v) is 5.30. The zero-order chi connectivity index (χ0) is 17.8. The number of likely N-dealkylation sites (tertiary alicyclic amines) is 2. The molecule has 0 radical (unpaired) electrons. The molecule has 2 saturated heterocycles. The lowest BCUT2D eigenvalue weighted by Gasteiger charge is -2.33. The van der Waals surface area contributed by atoms with E-state index in [2.05, 4.69) is 10.2 Å². The molecule has 2 aliphatic heterocycles. The van der Waals surface area contributed by atoms with Crippen LogP contribution in [0.1, 0.15) is 56.1 Å². The van der Waals surface area contributed by atoms with Gasteiger partial charge in [-0.3, -0.25) is 9.59 Å². The van der Waals surface area contributed by atoms with E-state index in [0.717, 1.165) is 44.6 Å². The second-order valence-electron chi connectivity index (χ2n) is 6.96. The predicted molar refractivity (Wildman–Crippen MR) is 90.5 cm³/mol. The molecule has 8 heteroatoms. The van der Waals surface area contributed by atoms with Gasteiger partial charge in [-0.15, -0.1) is 10.2 Å². The maximum Gasteiger partial charge on any atom is 0.224 e. The monoisotopic (exact) mass is 349 g/mol. The molecule has 8 nitrogen and oxygen atoms in total. The number of rotatable bonds is 5. The zero-order valence-electron chi connectivity index (χ0n) is 14.9. The Morgan fingerprint density at radius 3 is 2.80 bits per heavy atom. The van der Waals surface area contributed by atoms with Crippen LogP contribution in [0.2, 0.25) is 0 Å². The van der Waals surface area contributed by atoms with E-state index in [1.807, 2.05) is 21.4 Å². The second-order valence-corrected chi connectivity index (χ2v) is 6.96.